The molecule has 0 aliphatic carbocycles. The van der Waals surface area contributed by atoms with Crippen molar-refractivity contribution in [3.8, 4) is 23.8 Å². The molecule has 0 spiro atoms. The number of amides is 2. The second-order valence-electron chi connectivity index (χ2n) is 5.24. The number of anilines is 1. The zero-order valence-corrected chi connectivity index (χ0v) is 13.4. The molecule has 6 heteroatoms. The first-order valence-electron chi connectivity index (χ1n) is 7.71. The number of ether oxygens (including phenoxy) is 2. The summed E-state index contributed by atoms with van der Waals surface area (Å²) in [5.41, 5.74) is 1.14. The molecule has 2 amide bonds. The highest BCUT2D eigenvalue weighted by Gasteiger charge is 2.17. The Bertz CT molecular complexity index is 855. The van der Waals surface area contributed by atoms with E-state index in [1.54, 1.807) is 42.5 Å². The van der Waals surface area contributed by atoms with E-state index in [-0.39, 0.29) is 18.4 Å². The van der Waals surface area contributed by atoms with E-state index in [0.29, 0.717) is 41.5 Å². The van der Waals surface area contributed by atoms with Crippen LogP contribution in [0.2, 0.25) is 0 Å². The van der Waals surface area contributed by atoms with Crippen LogP contribution in [0.1, 0.15) is 20.7 Å². The molecule has 0 saturated carbocycles. The molecule has 0 saturated heterocycles. The molecule has 1 heterocycles. The van der Waals surface area contributed by atoms with Gasteiger partial charge in [-0.2, -0.15) is 0 Å². The highest BCUT2D eigenvalue weighted by molar-refractivity contribution is 6.09. The zero-order valence-electron chi connectivity index (χ0n) is 13.4. The Morgan fingerprint density at radius 3 is 2.60 bits per heavy atom. The number of hydrogen-bond acceptors (Lipinski definition) is 4. The van der Waals surface area contributed by atoms with Gasteiger partial charge in [0.05, 0.1) is 17.8 Å². The second kappa shape index (κ2) is 7.41. The molecule has 3 rings (SSSR count). The van der Waals surface area contributed by atoms with Gasteiger partial charge in [-0.25, -0.2) is 0 Å². The van der Waals surface area contributed by atoms with E-state index in [0.717, 1.165) is 0 Å². The topological polar surface area (TPSA) is 76.7 Å². The minimum atomic E-state index is -0.353. The quantitative estimate of drug-likeness (QED) is 0.838. The van der Waals surface area contributed by atoms with Crippen molar-refractivity contribution in [2.24, 2.45) is 0 Å². The van der Waals surface area contributed by atoms with E-state index in [1.807, 2.05) is 0 Å². The standard InChI is InChI=1S/C19H16N2O4/c1-2-9-20-19(23)14-5-3-4-6-15(14)21-18(22)13-7-8-16-17(12-13)25-11-10-24-16/h1,3-8,12H,9-11H2,(H,20,23)(H,21,22). The van der Waals surface area contributed by atoms with Gasteiger partial charge in [0, 0.05) is 5.56 Å². The number of fused-ring (bicyclic) bond motifs is 1. The van der Waals surface area contributed by atoms with Crippen LogP contribution in [0, 0.1) is 12.3 Å². The van der Waals surface area contributed by atoms with Gasteiger partial charge in [-0.15, -0.1) is 6.42 Å². The molecule has 2 N–H and O–H groups in total. The third-order valence-electron chi connectivity index (χ3n) is 3.58. The van der Waals surface area contributed by atoms with Crippen molar-refractivity contribution in [3.05, 3.63) is 53.6 Å². The number of carbonyl (C=O) groups is 2. The Morgan fingerprint density at radius 2 is 1.80 bits per heavy atom. The normalized spacial score (nSPS) is 12.0. The van der Waals surface area contributed by atoms with Crippen LogP contribution < -0.4 is 20.1 Å². The van der Waals surface area contributed by atoms with Crippen molar-refractivity contribution in [2.45, 2.75) is 0 Å². The van der Waals surface area contributed by atoms with Crippen LogP contribution in [-0.4, -0.2) is 31.6 Å². The van der Waals surface area contributed by atoms with Gasteiger partial charge in [0.1, 0.15) is 13.2 Å². The predicted octanol–water partition coefficient (Wildman–Crippen LogP) is 2.07. The smallest absolute Gasteiger partial charge is 0.255 e. The van der Waals surface area contributed by atoms with Crippen molar-refractivity contribution in [3.63, 3.8) is 0 Å². The Balaban J connectivity index is 1.79. The van der Waals surface area contributed by atoms with Gasteiger partial charge in [0.2, 0.25) is 0 Å². The predicted molar refractivity (Wildman–Crippen MR) is 93.0 cm³/mol. The van der Waals surface area contributed by atoms with Crippen LogP contribution in [-0.2, 0) is 0 Å². The summed E-state index contributed by atoms with van der Waals surface area (Å²) in [6, 6.07) is 11.7. The van der Waals surface area contributed by atoms with E-state index < -0.39 is 0 Å². The molecular weight excluding hydrogens is 320 g/mol. The van der Waals surface area contributed by atoms with Crippen LogP contribution in [0.4, 0.5) is 5.69 Å². The molecule has 0 radical (unpaired) electrons. The van der Waals surface area contributed by atoms with Crippen molar-refractivity contribution < 1.29 is 19.1 Å². The summed E-state index contributed by atoms with van der Waals surface area (Å²) in [5.74, 6) is 2.77. The summed E-state index contributed by atoms with van der Waals surface area (Å²) in [6.07, 6.45) is 5.15. The summed E-state index contributed by atoms with van der Waals surface area (Å²) < 4.78 is 10.9. The lowest BCUT2D eigenvalue weighted by Crippen LogP contribution is -2.25. The van der Waals surface area contributed by atoms with Crippen LogP contribution in [0.15, 0.2) is 42.5 Å². The molecule has 25 heavy (non-hydrogen) atoms. The molecule has 0 bridgehead atoms. The second-order valence-corrected chi connectivity index (χ2v) is 5.24. The first-order chi connectivity index (χ1) is 12.2. The lowest BCUT2D eigenvalue weighted by atomic mass is 10.1. The van der Waals surface area contributed by atoms with Gasteiger partial charge in [0.15, 0.2) is 11.5 Å². The van der Waals surface area contributed by atoms with Crippen molar-refractivity contribution >= 4 is 17.5 Å². The number of nitrogens with one attached hydrogen (secondary N) is 2. The van der Waals surface area contributed by atoms with E-state index in [9.17, 15) is 9.59 Å². The number of rotatable bonds is 4. The number of hydrogen-bond donors (Lipinski definition) is 2. The molecule has 126 valence electrons. The number of benzene rings is 2. The summed E-state index contributed by atoms with van der Waals surface area (Å²) in [7, 11) is 0. The Hall–Kier alpha value is -3.46. The molecule has 6 nitrogen and oxygen atoms in total. The van der Waals surface area contributed by atoms with E-state index in [1.165, 1.54) is 0 Å². The average molecular weight is 336 g/mol. The van der Waals surface area contributed by atoms with E-state index in [4.69, 9.17) is 15.9 Å². The van der Waals surface area contributed by atoms with Gasteiger partial charge in [-0.05, 0) is 30.3 Å². The Morgan fingerprint density at radius 1 is 1.04 bits per heavy atom. The summed E-state index contributed by atoms with van der Waals surface area (Å²) >= 11 is 0. The van der Waals surface area contributed by atoms with E-state index in [2.05, 4.69) is 16.6 Å². The molecule has 0 fully saturated rings. The molecule has 0 atom stereocenters. The lowest BCUT2D eigenvalue weighted by molar-refractivity contribution is 0.0959. The summed E-state index contributed by atoms with van der Waals surface area (Å²) in [4.78, 5) is 24.7. The van der Waals surface area contributed by atoms with Crippen LogP contribution in [0.5, 0.6) is 11.5 Å². The monoisotopic (exact) mass is 336 g/mol. The Kier molecular flexibility index (Phi) is 4.86. The first-order valence-corrected chi connectivity index (χ1v) is 7.71. The van der Waals surface area contributed by atoms with Crippen molar-refractivity contribution in [2.75, 3.05) is 25.1 Å². The minimum absolute atomic E-state index is 0.114. The number of para-hydroxylation sites is 1. The lowest BCUT2D eigenvalue weighted by Gasteiger charge is -2.18. The third kappa shape index (κ3) is 3.72. The van der Waals surface area contributed by atoms with Gasteiger partial charge < -0.3 is 20.1 Å². The summed E-state index contributed by atoms with van der Waals surface area (Å²) in [5, 5.41) is 5.32. The molecule has 2 aromatic rings. The fraction of sp³-hybridized carbons (Fsp3) is 0.158. The first kappa shape index (κ1) is 16.4. The zero-order chi connectivity index (χ0) is 17.6. The van der Waals surface area contributed by atoms with Crippen molar-refractivity contribution in [1.82, 2.24) is 5.32 Å². The minimum Gasteiger partial charge on any atom is -0.486 e. The molecule has 0 unspecified atom stereocenters. The van der Waals surface area contributed by atoms with Crippen molar-refractivity contribution in [1.29, 1.82) is 0 Å². The van der Waals surface area contributed by atoms with Crippen LogP contribution in [0.3, 0.4) is 0 Å². The third-order valence-corrected chi connectivity index (χ3v) is 3.58. The molecule has 2 aromatic carbocycles. The van der Waals surface area contributed by atoms with E-state index >= 15 is 0 Å². The number of terminal acetylenes is 1. The fourth-order valence-corrected chi connectivity index (χ4v) is 2.40. The highest BCUT2D eigenvalue weighted by atomic mass is 16.6. The Labute approximate surface area is 145 Å². The summed E-state index contributed by atoms with van der Waals surface area (Å²) in [6.45, 7) is 1.04. The maximum Gasteiger partial charge on any atom is 0.255 e. The van der Waals surface area contributed by atoms with Gasteiger partial charge in [-0.3, -0.25) is 9.59 Å². The molecule has 1 aliphatic rings. The molecular formula is C19H16N2O4. The maximum atomic E-state index is 12.5. The SMILES string of the molecule is C#CCNC(=O)c1ccccc1NC(=O)c1ccc2c(c1)OCCO2. The van der Waals surface area contributed by atoms with Crippen LogP contribution >= 0.6 is 0 Å². The van der Waals surface area contributed by atoms with Gasteiger partial charge in [-0.1, -0.05) is 18.1 Å². The molecule has 1 aliphatic heterocycles. The number of carbonyl (C=O) groups excluding carboxylic acids is 2. The fourth-order valence-electron chi connectivity index (χ4n) is 2.40. The largest absolute Gasteiger partial charge is 0.486 e. The van der Waals surface area contributed by atoms with Gasteiger partial charge in [0.25, 0.3) is 11.8 Å². The van der Waals surface area contributed by atoms with Gasteiger partial charge >= 0.3 is 0 Å². The highest BCUT2D eigenvalue weighted by Crippen LogP contribution is 2.31. The van der Waals surface area contributed by atoms with Crippen LogP contribution in [0.25, 0.3) is 0 Å². The average Bonchev–Trinajstić information content (AvgIpc) is 2.66. The maximum absolute atomic E-state index is 12.5. The molecule has 0 aromatic heterocycles.